The van der Waals surface area contributed by atoms with Gasteiger partial charge < -0.3 is 4.74 Å². The van der Waals surface area contributed by atoms with Crippen LogP contribution in [0.4, 0.5) is 0 Å². The predicted molar refractivity (Wildman–Crippen MR) is 70.7 cm³/mol. The van der Waals surface area contributed by atoms with E-state index in [9.17, 15) is 0 Å². The van der Waals surface area contributed by atoms with Gasteiger partial charge in [-0.3, -0.25) is 0 Å². The number of hydrogen-bond acceptors (Lipinski definition) is 1. The average Bonchev–Trinajstić information content (AvgIpc) is 2.84. The van der Waals surface area contributed by atoms with Gasteiger partial charge >= 0.3 is 0 Å². The summed E-state index contributed by atoms with van der Waals surface area (Å²) in [6.45, 7) is 2.10. The van der Waals surface area contributed by atoms with Crippen molar-refractivity contribution in [2.75, 3.05) is 7.11 Å². The molecule has 3 nitrogen and oxygen atoms in total. The Labute approximate surface area is 106 Å². The predicted octanol–water partition coefficient (Wildman–Crippen LogP) is 2.74. The Kier molecular flexibility index (Phi) is 2.52. The second-order valence-corrected chi connectivity index (χ2v) is 4.34. The first-order valence-corrected chi connectivity index (χ1v) is 5.92. The van der Waals surface area contributed by atoms with Crippen LogP contribution >= 0.6 is 0 Å². The van der Waals surface area contributed by atoms with Crippen molar-refractivity contribution < 1.29 is 9.14 Å². The van der Waals surface area contributed by atoms with E-state index in [1.165, 1.54) is 5.56 Å². The maximum atomic E-state index is 5.17. The van der Waals surface area contributed by atoms with Gasteiger partial charge in [0.1, 0.15) is 11.9 Å². The van der Waals surface area contributed by atoms with Crippen molar-refractivity contribution in [3.05, 3.63) is 54.4 Å². The Bertz CT molecular complexity index is 683. The molecule has 2 heterocycles. The van der Waals surface area contributed by atoms with E-state index in [4.69, 9.17) is 4.74 Å². The summed E-state index contributed by atoms with van der Waals surface area (Å²) in [5.41, 5.74) is 4.62. The molecule has 0 unspecified atom stereocenters. The number of H-pyrrole nitrogens is 1. The molecule has 0 amide bonds. The maximum absolute atomic E-state index is 5.17. The van der Waals surface area contributed by atoms with Crippen molar-refractivity contribution in [1.82, 2.24) is 4.98 Å². The molecule has 0 saturated heterocycles. The number of aromatic amines is 1. The third kappa shape index (κ3) is 1.74. The van der Waals surface area contributed by atoms with E-state index in [0.29, 0.717) is 0 Å². The minimum Gasteiger partial charge on any atom is -0.497 e. The number of aromatic nitrogens is 2. The molecule has 0 bridgehead atoms. The lowest BCUT2D eigenvalue weighted by Gasteiger charge is -1.98. The lowest BCUT2D eigenvalue weighted by atomic mass is 10.2. The van der Waals surface area contributed by atoms with Crippen molar-refractivity contribution in [3.8, 4) is 17.0 Å². The summed E-state index contributed by atoms with van der Waals surface area (Å²) in [4.78, 5) is 3.44. The molecule has 0 fully saturated rings. The van der Waals surface area contributed by atoms with Gasteiger partial charge in [0.25, 0.3) is 5.65 Å². The Morgan fingerprint density at radius 1 is 1.11 bits per heavy atom. The van der Waals surface area contributed by atoms with Gasteiger partial charge in [-0.1, -0.05) is 0 Å². The molecule has 3 rings (SSSR count). The summed E-state index contributed by atoms with van der Waals surface area (Å²) in [5, 5.41) is 0. The van der Waals surface area contributed by atoms with Crippen LogP contribution < -0.4 is 9.14 Å². The third-order valence-corrected chi connectivity index (χ3v) is 3.15. The smallest absolute Gasteiger partial charge is 0.287 e. The number of nitrogens with one attached hydrogen (secondary N) is 1. The molecule has 2 aromatic heterocycles. The van der Waals surface area contributed by atoms with Gasteiger partial charge in [0.2, 0.25) is 0 Å². The van der Waals surface area contributed by atoms with Gasteiger partial charge in [-0.2, -0.15) is 0 Å². The number of methoxy groups -OCH3 is 1. The van der Waals surface area contributed by atoms with E-state index in [1.807, 2.05) is 24.4 Å². The van der Waals surface area contributed by atoms with Crippen molar-refractivity contribution in [2.45, 2.75) is 6.92 Å². The molecular formula is C15H15N2O+. The van der Waals surface area contributed by atoms with Gasteiger partial charge in [-0.05, 0) is 43.3 Å². The van der Waals surface area contributed by atoms with E-state index in [0.717, 1.165) is 22.7 Å². The zero-order valence-corrected chi connectivity index (χ0v) is 10.5. The SMILES string of the molecule is COc1ccc(-c2c[n+]3cccc(C)c3[nH]2)cc1. The van der Waals surface area contributed by atoms with Crippen LogP contribution in [-0.2, 0) is 0 Å². The Balaban J connectivity index is 2.10. The summed E-state index contributed by atoms with van der Waals surface area (Å²) in [6.07, 6.45) is 4.15. The topological polar surface area (TPSA) is 29.1 Å². The molecule has 0 atom stereocenters. The average molecular weight is 239 g/mol. The molecule has 18 heavy (non-hydrogen) atoms. The van der Waals surface area contributed by atoms with Gasteiger partial charge in [0.15, 0.2) is 5.69 Å². The number of ether oxygens (including phenoxy) is 1. The first-order chi connectivity index (χ1) is 8.78. The standard InChI is InChI=1S/C15H14N2O/c1-11-4-3-9-17-10-14(16-15(11)17)12-5-7-13(18-2)8-6-12/h3-10H,1-2H3/p+1. The molecular weight excluding hydrogens is 224 g/mol. The largest absolute Gasteiger partial charge is 0.497 e. The third-order valence-electron chi connectivity index (χ3n) is 3.15. The van der Waals surface area contributed by atoms with Crippen molar-refractivity contribution in [2.24, 2.45) is 0 Å². The second-order valence-electron chi connectivity index (χ2n) is 4.34. The van der Waals surface area contributed by atoms with E-state index in [2.05, 4.69) is 40.7 Å². The Morgan fingerprint density at radius 2 is 1.89 bits per heavy atom. The number of hydrogen-bond donors (Lipinski definition) is 1. The van der Waals surface area contributed by atoms with E-state index in [-0.39, 0.29) is 0 Å². The Hall–Kier alpha value is -2.29. The summed E-state index contributed by atoms with van der Waals surface area (Å²) in [5.74, 6) is 0.874. The Morgan fingerprint density at radius 3 is 2.56 bits per heavy atom. The molecule has 0 aliphatic heterocycles. The number of rotatable bonds is 2. The highest BCUT2D eigenvalue weighted by atomic mass is 16.5. The number of imidazole rings is 1. The highest BCUT2D eigenvalue weighted by molar-refractivity contribution is 5.61. The molecule has 3 aromatic rings. The summed E-state index contributed by atoms with van der Waals surface area (Å²) < 4.78 is 7.27. The molecule has 0 radical (unpaired) electrons. The monoisotopic (exact) mass is 239 g/mol. The van der Waals surface area contributed by atoms with Crippen LogP contribution in [0.25, 0.3) is 16.9 Å². The minimum absolute atomic E-state index is 0.874. The molecule has 90 valence electrons. The van der Waals surface area contributed by atoms with Crippen molar-refractivity contribution in [3.63, 3.8) is 0 Å². The van der Waals surface area contributed by atoms with Crippen LogP contribution in [0, 0.1) is 6.92 Å². The zero-order valence-electron chi connectivity index (χ0n) is 10.5. The number of pyridine rings is 1. The molecule has 0 spiro atoms. The molecule has 0 aliphatic carbocycles. The van der Waals surface area contributed by atoms with Crippen LogP contribution in [0.15, 0.2) is 48.8 Å². The van der Waals surface area contributed by atoms with E-state index < -0.39 is 0 Å². The fourth-order valence-electron chi connectivity index (χ4n) is 2.12. The van der Waals surface area contributed by atoms with Crippen molar-refractivity contribution >= 4 is 5.65 Å². The zero-order chi connectivity index (χ0) is 12.5. The van der Waals surface area contributed by atoms with Gasteiger partial charge in [0.05, 0.1) is 13.3 Å². The first-order valence-electron chi connectivity index (χ1n) is 5.92. The number of nitrogens with zero attached hydrogens (tertiary/aromatic N) is 1. The van der Waals surface area contributed by atoms with E-state index >= 15 is 0 Å². The fourth-order valence-corrected chi connectivity index (χ4v) is 2.12. The molecule has 0 saturated carbocycles. The normalized spacial score (nSPS) is 10.8. The number of benzene rings is 1. The molecule has 0 aliphatic rings. The van der Waals surface area contributed by atoms with Crippen LogP contribution in [0.5, 0.6) is 5.75 Å². The lowest BCUT2D eigenvalue weighted by molar-refractivity contribution is -0.509. The molecule has 3 heteroatoms. The van der Waals surface area contributed by atoms with Crippen LogP contribution in [0.1, 0.15) is 5.56 Å². The van der Waals surface area contributed by atoms with Gasteiger partial charge in [-0.25, -0.2) is 9.38 Å². The number of fused-ring (bicyclic) bond motifs is 1. The highest BCUT2D eigenvalue weighted by Crippen LogP contribution is 2.20. The molecule has 1 N–H and O–H groups in total. The summed E-state index contributed by atoms with van der Waals surface area (Å²) in [7, 11) is 1.68. The van der Waals surface area contributed by atoms with Gasteiger partial charge in [0, 0.05) is 11.1 Å². The lowest BCUT2D eigenvalue weighted by Crippen LogP contribution is -2.17. The quantitative estimate of drug-likeness (QED) is 0.684. The molecule has 1 aromatic carbocycles. The number of aryl methyl sites for hydroxylation is 1. The van der Waals surface area contributed by atoms with Crippen LogP contribution in [0.3, 0.4) is 0 Å². The summed E-state index contributed by atoms with van der Waals surface area (Å²) >= 11 is 0. The van der Waals surface area contributed by atoms with E-state index in [1.54, 1.807) is 7.11 Å². The first kappa shape index (κ1) is 10.8. The summed E-state index contributed by atoms with van der Waals surface area (Å²) in [6, 6.07) is 12.2. The highest BCUT2D eigenvalue weighted by Gasteiger charge is 2.12. The fraction of sp³-hybridized carbons (Fsp3) is 0.133. The van der Waals surface area contributed by atoms with Crippen molar-refractivity contribution in [1.29, 1.82) is 0 Å². The minimum atomic E-state index is 0.874. The van der Waals surface area contributed by atoms with Crippen LogP contribution in [-0.4, -0.2) is 12.1 Å². The second kappa shape index (κ2) is 4.18. The maximum Gasteiger partial charge on any atom is 0.287 e. The van der Waals surface area contributed by atoms with Gasteiger partial charge in [-0.15, -0.1) is 0 Å². The van der Waals surface area contributed by atoms with Crippen LogP contribution in [0.2, 0.25) is 0 Å².